The van der Waals surface area contributed by atoms with Gasteiger partial charge in [-0.2, -0.15) is 0 Å². The van der Waals surface area contributed by atoms with Crippen molar-refractivity contribution in [2.24, 2.45) is 0 Å². The molecule has 0 bridgehead atoms. The van der Waals surface area contributed by atoms with Crippen molar-refractivity contribution in [2.75, 3.05) is 19.0 Å². The first-order valence-electron chi connectivity index (χ1n) is 13.7. The lowest BCUT2D eigenvalue weighted by Crippen LogP contribution is -2.46. The average molecular weight is 596 g/mol. The quantitative estimate of drug-likeness (QED) is 0.253. The molecule has 1 fully saturated rings. The van der Waals surface area contributed by atoms with Crippen molar-refractivity contribution in [2.45, 2.75) is 50.2 Å². The second-order valence-electron chi connectivity index (χ2n) is 10.5. The summed E-state index contributed by atoms with van der Waals surface area (Å²) in [6.07, 6.45) is 1.56. The Hall–Kier alpha value is -3.46. The number of carbonyl (C=O) groups excluding carboxylic acids is 2. The third-order valence-corrected chi connectivity index (χ3v) is 8.78. The Morgan fingerprint density at radius 2 is 1.90 bits per heavy atom. The molecule has 41 heavy (non-hydrogen) atoms. The molecular weight excluding hydrogens is 566 g/mol. The van der Waals surface area contributed by atoms with E-state index in [0.29, 0.717) is 40.4 Å². The number of imidazole rings is 1. The van der Waals surface area contributed by atoms with Gasteiger partial charge >= 0.3 is 5.97 Å². The van der Waals surface area contributed by atoms with E-state index in [2.05, 4.69) is 21.7 Å². The van der Waals surface area contributed by atoms with Gasteiger partial charge in [0.2, 0.25) is 5.91 Å². The van der Waals surface area contributed by atoms with E-state index in [1.165, 1.54) is 13.2 Å². The number of halogens is 3. The second-order valence-corrected chi connectivity index (χ2v) is 11.4. The molecule has 3 aromatic carbocycles. The molecule has 1 aromatic heterocycles. The van der Waals surface area contributed by atoms with Crippen molar-refractivity contribution in [1.82, 2.24) is 14.5 Å². The molecule has 1 N–H and O–H groups in total. The number of carbonyl (C=O) groups is 2. The van der Waals surface area contributed by atoms with Crippen molar-refractivity contribution >= 4 is 51.8 Å². The lowest BCUT2D eigenvalue weighted by Gasteiger charge is -2.33. The number of aryl methyl sites for hydroxylation is 1. The first kappa shape index (κ1) is 27.7. The van der Waals surface area contributed by atoms with Crippen LogP contribution >= 0.6 is 23.2 Å². The number of rotatable bonds is 6. The number of esters is 1. The molecule has 7 nitrogen and oxygen atoms in total. The van der Waals surface area contributed by atoms with Gasteiger partial charge in [0.1, 0.15) is 11.6 Å². The molecule has 10 heteroatoms. The number of fused-ring (bicyclic) bond motifs is 5. The number of aromatic nitrogens is 2. The number of benzene rings is 3. The highest BCUT2D eigenvalue weighted by molar-refractivity contribution is 6.31. The van der Waals surface area contributed by atoms with E-state index in [-0.39, 0.29) is 22.9 Å². The van der Waals surface area contributed by atoms with Crippen LogP contribution in [0.3, 0.4) is 0 Å². The van der Waals surface area contributed by atoms with Gasteiger partial charge in [-0.05, 0) is 67.4 Å². The molecule has 212 valence electrons. The number of ether oxygens (including phenoxy) is 1. The Balaban J connectivity index is 1.52. The molecule has 2 aliphatic rings. The van der Waals surface area contributed by atoms with E-state index >= 15 is 4.39 Å². The number of hydrogen-bond acceptors (Lipinski definition) is 5. The van der Waals surface area contributed by atoms with Gasteiger partial charge < -0.3 is 14.6 Å². The maximum absolute atomic E-state index is 15.8. The van der Waals surface area contributed by atoms with Gasteiger partial charge in [0.25, 0.3) is 0 Å². The van der Waals surface area contributed by atoms with E-state index in [9.17, 15) is 9.59 Å². The van der Waals surface area contributed by atoms with Crippen LogP contribution in [0.5, 0.6) is 0 Å². The van der Waals surface area contributed by atoms with Crippen LogP contribution < -0.4 is 5.32 Å². The predicted octanol–water partition coefficient (Wildman–Crippen LogP) is 6.64. The summed E-state index contributed by atoms with van der Waals surface area (Å²) in [6, 6.07) is 16.5. The highest BCUT2D eigenvalue weighted by atomic mass is 35.5. The van der Waals surface area contributed by atoms with Crippen molar-refractivity contribution in [3.63, 3.8) is 0 Å². The monoisotopic (exact) mass is 594 g/mol. The number of nitrogens with zero attached hydrogens (tertiary/aromatic N) is 3. The topological polar surface area (TPSA) is 76.5 Å². The molecule has 2 aliphatic heterocycles. The largest absolute Gasteiger partial charge is 0.465 e. The SMILES string of the molecule is CCCN1[C@H]2CCn3c(nc4cc(C(=O)OC)ccc43)[C@H]2[C@H](c2cccc(Cl)c2F)[C@@H]1C(=O)Nc1cccc(Cl)c1. The minimum atomic E-state index is -0.686. The Bertz CT molecular complexity index is 1660. The van der Waals surface area contributed by atoms with Crippen molar-refractivity contribution in [3.8, 4) is 0 Å². The molecule has 0 spiro atoms. The van der Waals surface area contributed by atoms with E-state index < -0.39 is 23.7 Å². The number of anilines is 1. The standard InChI is InChI=1S/C31H29Cl2FN4O3/c1-3-13-37-24-12-14-38-23-11-10-17(31(40)41-2)15-22(23)36-29(38)26(24)25(20-8-5-9-21(33)27(20)34)28(37)30(39)35-19-7-4-6-18(32)16-19/h4-11,15-16,24-26,28H,3,12-14H2,1-2H3,(H,35,39)/t24-,25-,26+,28+/m0/s1. The Morgan fingerprint density at radius 1 is 1.10 bits per heavy atom. The van der Waals surface area contributed by atoms with Gasteiger partial charge in [0, 0.05) is 35.1 Å². The number of methoxy groups -OCH3 is 1. The van der Waals surface area contributed by atoms with Gasteiger partial charge in [-0.1, -0.05) is 48.3 Å². The van der Waals surface area contributed by atoms with Crippen LogP contribution in [0, 0.1) is 5.82 Å². The van der Waals surface area contributed by atoms with E-state index in [1.807, 2.05) is 6.07 Å². The third kappa shape index (κ3) is 4.78. The first-order valence-corrected chi connectivity index (χ1v) is 14.4. The minimum Gasteiger partial charge on any atom is -0.465 e. The zero-order valence-corrected chi connectivity index (χ0v) is 24.1. The van der Waals surface area contributed by atoms with Gasteiger partial charge in [-0.15, -0.1) is 0 Å². The second kappa shape index (κ2) is 11.1. The number of nitrogens with one attached hydrogen (secondary N) is 1. The Labute approximate surface area is 247 Å². The van der Waals surface area contributed by atoms with Crippen molar-refractivity contribution in [3.05, 3.63) is 93.5 Å². The predicted molar refractivity (Wildman–Crippen MR) is 157 cm³/mol. The summed E-state index contributed by atoms with van der Waals surface area (Å²) in [7, 11) is 1.34. The molecule has 4 aromatic rings. The fraction of sp³-hybridized carbons (Fsp3) is 0.323. The molecule has 0 radical (unpaired) electrons. The lowest BCUT2D eigenvalue weighted by atomic mass is 9.78. The highest BCUT2D eigenvalue weighted by Crippen LogP contribution is 2.52. The van der Waals surface area contributed by atoms with Gasteiger partial charge in [-0.25, -0.2) is 14.2 Å². The summed E-state index contributed by atoms with van der Waals surface area (Å²) in [6.45, 7) is 3.40. The van der Waals surface area contributed by atoms with E-state index in [4.69, 9.17) is 32.9 Å². The van der Waals surface area contributed by atoms with Crippen LogP contribution in [-0.4, -0.2) is 52.1 Å². The molecule has 0 aliphatic carbocycles. The smallest absolute Gasteiger partial charge is 0.337 e. The van der Waals surface area contributed by atoms with Crippen LogP contribution in [0.15, 0.2) is 60.7 Å². The van der Waals surface area contributed by atoms with Gasteiger partial charge in [0.15, 0.2) is 0 Å². The fourth-order valence-corrected chi connectivity index (χ4v) is 7.05. The molecule has 0 unspecified atom stereocenters. The van der Waals surface area contributed by atoms with Crippen LogP contribution in [0.4, 0.5) is 10.1 Å². The van der Waals surface area contributed by atoms with Gasteiger partial charge in [-0.3, -0.25) is 9.69 Å². The van der Waals surface area contributed by atoms with Gasteiger partial charge in [0.05, 0.1) is 34.8 Å². The van der Waals surface area contributed by atoms with Crippen LogP contribution in [0.25, 0.3) is 11.0 Å². The van der Waals surface area contributed by atoms with Crippen LogP contribution in [0.1, 0.15) is 53.3 Å². The molecule has 3 heterocycles. The van der Waals surface area contributed by atoms with E-state index in [1.54, 1.807) is 48.5 Å². The normalized spacial score (nSPS) is 21.9. The maximum atomic E-state index is 15.8. The minimum absolute atomic E-state index is 0.00835. The molecule has 6 rings (SSSR count). The highest BCUT2D eigenvalue weighted by Gasteiger charge is 2.56. The lowest BCUT2D eigenvalue weighted by molar-refractivity contribution is -0.121. The summed E-state index contributed by atoms with van der Waals surface area (Å²) >= 11 is 12.5. The summed E-state index contributed by atoms with van der Waals surface area (Å²) in [5.74, 6) is -1.31. The van der Waals surface area contributed by atoms with Crippen molar-refractivity contribution in [1.29, 1.82) is 0 Å². The molecule has 0 saturated carbocycles. The summed E-state index contributed by atoms with van der Waals surface area (Å²) < 4.78 is 22.9. The number of hydrogen-bond donors (Lipinski definition) is 1. The number of likely N-dealkylation sites (tertiary alicyclic amines) is 1. The fourth-order valence-electron chi connectivity index (χ4n) is 6.68. The van der Waals surface area contributed by atoms with Crippen molar-refractivity contribution < 1.29 is 18.7 Å². The Kier molecular flexibility index (Phi) is 7.49. The van der Waals surface area contributed by atoms with Crippen LogP contribution in [0.2, 0.25) is 10.0 Å². The summed E-state index contributed by atoms with van der Waals surface area (Å²) in [5.41, 5.74) is 2.89. The average Bonchev–Trinajstić information content (AvgIpc) is 3.49. The van der Waals surface area contributed by atoms with Crippen LogP contribution in [-0.2, 0) is 16.1 Å². The molecule has 4 atom stereocenters. The molecule has 1 saturated heterocycles. The molecule has 1 amide bonds. The number of amides is 1. The van der Waals surface area contributed by atoms with E-state index in [0.717, 1.165) is 24.2 Å². The summed E-state index contributed by atoms with van der Waals surface area (Å²) in [4.78, 5) is 33.6. The first-order chi connectivity index (χ1) is 19.8. The Morgan fingerprint density at radius 3 is 2.66 bits per heavy atom. The third-order valence-electron chi connectivity index (χ3n) is 8.25. The molecular formula is C31H29Cl2FN4O3. The summed E-state index contributed by atoms with van der Waals surface area (Å²) in [5, 5.41) is 3.55. The maximum Gasteiger partial charge on any atom is 0.337 e. The zero-order valence-electron chi connectivity index (χ0n) is 22.6. The zero-order chi connectivity index (χ0) is 28.8.